The van der Waals surface area contributed by atoms with E-state index in [0.29, 0.717) is 6.07 Å². The van der Waals surface area contributed by atoms with Crippen LogP contribution in [0.3, 0.4) is 0 Å². The van der Waals surface area contributed by atoms with E-state index in [-0.39, 0.29) is 23.1 Å². The molecule has 0 saturated carbocycles. The minimum Gasteiger partial charge on any atom is -0.317 e. The van der Waals surface area contributed by atoms with Gasteiger partial charge in [-0.1, -0.05) is 47.7 Å². The minimum atomic E-state index is -1.07. The summed E-state index contributed by atoms with van der Waals surface area (Å²) in [5.74, 6) is -2.89. The number of nitrogens with one attached hydrogen (secondary N) is 1. The molecule has 0 aliphatic heterocycles. The minimum absolute atomic E-state index is 0.0990. The Balaban J connectivity index is 1.75. The molecule has 8 nitrogen and oxygen atoms in total. The van der Waals surface area contributed by atoms with E-state index in [2.05, 4.69) is 15.6 Å². The van der Waals surface area contributed by atoms with Crippen molar-refractivity contribution in [3.63, 3.8) is 0 Å². The van der Waals surface area contributed by atoms with Gasteiger partial charge in [-0.25, -0.2) is 13.5 Å². The Hall–Kier alpha value is -4.21. The average molecular weight is 409 g/mol. The molecule has 0 fully saturated rings. The third kappa shape index (κ3) is 3.46. The summed E-state index contributed by atoms with van der Waals surface area (Å²) in [5.41, 5.74) is -0.599. The van der Waals surface area contributed by atoms with E-state index in [1.807, 2.05) is 30.3 Å². The highest BCUT2D eigenvalue weighted by atomic mass is 19.1. The lowest BCUT2D eigenvalue weighted by Gasteiger charge is -2.09. The van der Waals surface area contributed by atoms with Crippen LogP contribution in [0.5, 0.6) is 0 Å². The number of amides is 1. The van der Waals surface area contributed by atoms with Crippen LogP contribution in [0.4, 0.5) is 20.2 Å². The van der Waals surface area contributed by atoms with Gasteiger partial charge in [-0.15, -0.1) is 5.10 Å². The molecule has 4 aromatic rings. The number of fused-ring (bicyclic) bond motifs is 1. The summed E-state index contributed by atoms with van der Waals surface area (Å²) in [7, 11) is 0. The van der Waals surface area contributed by atoms with Gasteiger partial charge in [0.05, 0.1) is 11.5 Å². The summed E-state index contributed by atoms with van der Waals surface area (Å²) in [6, 6.07) is 14.9. The first kappa shape index (κ1) is 19.1. The second kappa shape index (κ2) is 7.66. The number of carbonyl (C=O) groups excluding carboxylic acids is 1. The van der Waals surface area contributed by atoms with Gasteiger partial charge in [0.1, 0.15) is 22.3 Å². The number of nitro benzene ring substituents is 1. The van der Waals surface area contributed by atoms with E-state index in [1.165, 1.54) is 22.9 Å². The highest BCUT2D eigenvalue weighted by Gasteiger charge is 2.24. The van der Waals surface area contributed by atoms with E-state index in [0.717, 1.165) is 11.6 Å². The SMILES string of the molecule is O=C(Nc1c(F)cc(F)c2c1nnn2Cc1ccccc1)c1ccccc1[N+](=O)[O-]. The molecule has 1 aromatic heterocycles. The van der Waals surface area contributed by atoms with Crippen molar-refractivity contribution in [3.8, 4) is 0 Å². The molecule has 1 N–H and O–H groups in total. The molecule has 30 heavy (non-hydrogen) atoms. The highest BCUT2D eigenvalue weighted by molar-refractivity contribution is 6.10. The molecule has 1 amide bonds. The van der Waals surface area contributed by atoms with Crippen LogP contribution < -0.4 is 5.32 Å². The molecule has 10 heteroatoms. The predicted molar refractivity (Wildman–Crippen MR) is 104 cm³/mol. The van der Waals surface area contributed by atoms with Crippen LogP contribution in [0, 0.1) is 21.7 Å². The molecular formula is C20H13F2N5O3. The normalized spacial score (nSPS) is 10.9. The molecule has 0 unspecified atom stereocenters. The van der Waals surface area contributed by atoms with E-state index in [1.54, 1.807) is 0 Å². The summed E-state index contributed by atoms with van der Waals surface area (Å²) in [4.78, 5) is 23.0. The zero-order chi connectivity index (χ0) is 21.3. The lowest BCUT2D eigenvalue weighted by atomic mass is 10.1. The van der Waals surface area contributed by atoms with Crippen molar-refractivity contribution in [1.29, 1.82) is 0 Å². The quantitative estimate of drug-likeness (QED) is 0.398. The molecule has 0 bridgehead atoms. The zero-order valence-electron chi connectivity index (χ0n) is 15.3. The number of halogens is 2. The molecule has 1 heterocycles. The molecule has 0 spiro atoms. The fourth-order valence-electron chi connectivity index (χ4n) is 3.07. The zero-order valence-corrected chi connectivity index (χ0v) is 15.3. The van der Waals surface area contributed by atoms with Gasteiger partial charge in [-0.2, -0.15) is 0 Å². The van der Waals surface area contributed by atoms with Crippen LogP contribution in [0.25, 0.3) is 11.0 Å². The first-order valence-corrected chi connectivity index (χ1v) is 8.75. The number of rotatable bonds is 5. The Bertz CT molecular complexity index is 1270. The third-order valence-electron chi connectivity index (χ3n) is 4.45. The molecule has 0 saturated heterocycles. The number of para-hydroxylation sites is 1. The van der Waals surface area contributed by atoms with Crippen LogP contribution >= 0.6 is 0 Å². The van der Waals surface area contributed by atoms with Gasteiger partial charge in [0.2, 0.25) is 0 Å². The largest absolute Gasteiger partial charge is 0.317 e. The van der Waals surface area contributed by atoms with Crippen molar-refractivity contribution in [2.45, 2.75) is 6.54 Å². The van der Waals surface area contributed by atoms with Crippen LogP contribution in [-0.4, -0.2) is 25.8 Å². The molecule has 0 aliphatic rings. The average Bonchev–Trinajstić information content (AvgIpc) is 3.15. The summed E-state index contributed by atoms with van der Waals surface area (Å²) >= 11 is 0. The Morgan fingerprint density at radius 3 is 2.50 bits per heavy atom. The number of aromatic nitrogens is 3. The van der Waals surface area contributed by atoms with Gasteiger partial charge in [0.15, 0.2) is 11.6 Å². The van der Waals surface area contributed by atoms with Crippen LogP contribution in [0.15, 0.2) is 60.7 Å². The van der Waals surface area contributed by atoms with Crippen molar-refractivity contribution < 1.29 is 18.5 Å². The van der Waals surface area contributed by atoms with Crippen molar-refractivity contribution >= 4 is 28.3 Å². The number of nitrogens with zero attached hydrogens (tertiary/aromatic N) is 4. The van der Waals surface area contributed by atoms with Crippen LogP contribution in [-0.2, 0) is 6.54 Å². The van der Waals surface area contributed by atoms with Gasteiger partial charge < -0.3 is 5.32 Å². The summed E-state index contributed by atoms with van der Waals surface area (Å²) in [6.07, 6.45) is 0. The monoisotopic (exact) mass is 409 g/mol. The van der Waals surface area contributed by atoms with Crippen molar-refractivity contribution in [3.05, 3.63) is 93.5 Å². The summed E-state index contributed by atoms with van der Waals surface area (Å²) in [5, 5.41) is 21.1. The van der Waals surface area contributed by atoms with E-state index in [4.69, 9.17) is 0 Å². The van der Waals surface area contributed by atoms with Crippen LogP contribution in [0.2, 0.25) is 0 Å². The lowest BCUT2D eigenvalue weighted by Crippen LogP contribution is -2.15. The Kier molecular flexibility index (Phi) is 4.88. The molecular weight excluding hydrogens is 396 g/mol. The fraction of sp³-hybridized carbons (Fsp3) is 0.0500. The van der Waals surface area contributed by atoms with Gasteiger partial charge in [0, 0.05) is 12.1 Å². The van der Waals surface area contributed by atoms with Crippen molar-refractivity contribution in [2.75, 3.05) is 5.32 Å². The van der Waals surface area contributed by atoms with Gasteiger partial charge >= 0.3 is 0 Å². The maximum Gasteiger partial charge on any atom is 0.282 e. The first-order valence-electron chi connectivity index (χ1n) is 8.75. The van der Waals surface area contributed by atoms with E-state index < -0.39 is 33.8 Å². The Morgan fingerprint density at radius 1 is 1.07 bits per heavy atom. The molecule has 150 valence electrons. The molecule has 0 aliphatic carbocycles. The van der Waals surface area contributed by atoms with Crippen molar-refractivity contribution in [1.82, 2.24) is 15.0 Å². The number of carbonyl (C=O) groups is 1. The lowest BCUT2D eigenvalue weighted by molar-refractivity contribution is -0.385. The number of hydrogen-bond donors (Lipinski definition) is 1. The number of benzene rings is 3. The number of anilines is 1. The number of nitro groups is 1. The molecule has 0 atom stereocenters. The van der Waals surface area contributed by atoms with Gasteiger partial charge in [0.25, 0.3) is 11.6 Å². The first-order chi connectivity index (χ1) is 14.5. The molecule has 0 radical (unpaired) electrons. The Morgan fingerprint density at radius 2 is 1.77 bits per heavy atom. The Labute approximate surface area is 167 Å². The standard InChI is InChI=1S/C20H13F2N5O3/c21-14-10-15(22)19-18(24-25-26(19)11-12-6-2-1-3-7-12)17(14)23-20(28)13-8-4-5-9-16(13)27(29)30/h1-10H,11H2,(H,23,28). The summed E-state index contributed by atoms with van der Waals surface area (Å²) < 4.78 is 30.2. The van der Waals surface area contributed by atoms with Crippen molar-refractivity contribution in [2.24, 2.45) is 0 Å². The second-order valence-corrected chi connectivity index (χ2v) is 6.37. The smallest absolute Gasteiger partial charge is 0.282 e. The molecule has 3 aromatic carbocycles. The maximum atomic E-state index is 14.5. The van der Waals surface area contributed by atoms with Crippen LogP contribution in [0.1, 0.15) is 15.9 Å². The molecule has 4 rings (SSSR count). The second-order valence-electron chi connectivity index (χ2n) is 6.37. The highest BCUT2D eigenvalue weighted by Crippen LogP contribution is 2.29. The summed E-state index contributed by atoms with van der Waals surface area (Å²) in [6.45, 7) is 0.178. The third-order valence-corrected chi connectivity index (χ3v) is 4.45. The van der Waals surface area contributed by atoms with Gasteiger partial charge in [-0.05, 0) is 11.6 Å². The van der Waals surface area contributed by atoms with Gasteiger partial charge in [-0.3, -0.25) is 14.9 Å². The maximum absolute atomic E-state index is 14.5. The topological polar surface area (TPSA) is 103 Å². The van der Waals surface area contributed by atoms with E-state index in [9.17, 15) is 23.7 Å². The number of hydrogen-bond acceptors (Lipinski definition) is 5. The fourth-order valence-corrected chi connectivity index (χ4v) is 3.07. The van der Waals surface area contributed by atoms with E-state index >= 15 is 0 Å². The predicted octanol–water partition coefficient (Wildman–Crippen LogP) is 3.92.